The van der Waals surface area contributed by atoms with Crippen molar-refractivity contribution in [3.05, 3.63) is 47.2 Å². The Labute approximate surface area is 159 Å². The molecule has 0 aliphatic heterocycles. The molecule has 2 amide bonds. The standard InChI is InChI=1S/C20H27N3O4/c1-13(2)9-10-23(11-17-21-16(12-27-17)19(24)26-5)20(25)22-18-14(3)7-6-8-15(18)4/h6-8,12-13H,9-11H2,1-5H3,(H,22,25). The van der Waals surface area contributed by atoms with Crippen molar-refractivity contribution in [3.63, 3.8) is 0 Å². The second-order valence-electron chi connectivity index (χ2n) is 6.92. The van der Waals surface area contributed by atoms with Crippen molar-refractivity contribution in [2.45, 2.75) is 40.7 Å². The Morgan fingerprint density at radius 2 is 1.93 bits per heavy atom. The fraction of sp³-hybridized carbons (Fsp3) is 0.450. The van der Waals surface area contributed by atoms with Crippen LogP contribution < -0.4 is 5.32 Å². The fourth-order valence-electron chi connectivity index (χ4n) is 2.61. The Bertz CT molecular complexity index is 778. The first-order chi connectivity index (χ1) is 12.8. The van der Waals surface area contributed by atoms with E-state index in [0.29, 0.717) is 12.5 Å². The van der Waals surface area contributed by atoms with E-state index in [1.807, 2.05) is 32.0 Å². The van der Waals surface area contributed by atoms with E-state index >= 15 is 0 Å². The van der Waals surface area contributed by atoms with Gasteiger partial charge in [0.15, 0.2) is 5.69 Å². The molecule has 2 rings (SSSR count). The summed E-state index contributed by atoms with van der Waals surface area (Å²) >= 11 is 0. The maximum Gasteiger partial charge on any atom is 0.360 e. The maximum atomic E-state index is 12.9. The van der Waals surface area contributed by atoms with E-state index < -0.39 is 5.97 Å². The Morgan fingerprint density at radius 1 is 1.26 bits per heavy atom. The van der Waals surface area contributed by atoms with Crippen LogP contribution in [0.5, 0.6) is 0 Å². The number of hydrogen-bond acceptors (Lipinski definition) is 5. The molecule has 1 aromatic carbocycles. The highest BCUT2D eigenvalue weighted by Gasteiger charge is 2.20. The van der Waals surface area contributed by atoms with Gasteiger partial charge in [0.05, 0.1) is 13.7 Å². The van der Waals surface area contributed by atoms with Gasteiger partial charge in [-0.3, -0.25) is 0 Å². The molecule has 1 heterocycles. The van der Waals surface area contributed by atoms with E-state index in [4.69, 9.17) is 4.42 Å². The lowest BCUT2D eigenvalue weighted by atomic mass is 10.1. The number of aromatic nitrogens is 1. The normalized spacial score (nSPS) is 10.7. The summed E-state index contributed by atoms with van der Waals surface area (Å²) in [5.41, 5.74) is 2.89. The Hall–Kier alpha value is -2.83. The van der Waals surface area contributed by atoms with Crippen molar-refractivity contribution in [3.8, 4) is 0 Å². The lowest BCUT2D eigenvalue weighted by Crippen LogP contribution is -2.36. The van der Waals surface area contributed by atoms with Crippen molar-refractivity contribution in [2.24, 2.45) is 5.92 Å². The van der Waals surface area contributed by atoms with Gasteiger partial charge in [-0.25, -0.2) is 14.6 Å². The highest BCUT2D eigenvalue weighted by atomic mass is 16.5. The van der Waals surface area contributed by atoms with Gasteiger partial charge in [-0.15, -0.1) is 0 Å². The van der Waals surface area contributed by atoms with Crippen LogP contribution in [0.2, 0.25) is 0 Å². The SMILES string of the molecule is COC(=O)c1coc(CN(CCC(C)C)C(=O)Nc2c(C)cccc2C)n1. The number of esters is 1. The maximum absolute atomic E-state index is 12.9. The third kappa shape index (κ3) is 5.57. The number of methoxy groups -OCH3 is 1. The van der Waals surface area contributed by atoms with E-state index in [1.54, 1.807) is 4.90 Å². The second-order valence-corrected chi connectivity index (χ2v) is 6.92. The van der Waals surface area contributed by atoms with Crippen LogP contribution >= 0.6 is 0 Å². The van der Waals surface area contributed by atoms with Gasteiger partial charge in [-0.2, -0.15) is 0 Å². The first-order valence-electron chi connectivity index (χ1n) is 8.96. The molecule has 7 nitrogen and oxygen atoms in total. The highest BCUT2D eigenvalue weighted by Crippen LogP contribution is 2.20. The minimum Gasteiger partial charge on any atom is -0.464 e. The molecule has 0 saturated heterocycles. The number of ether oxygens (including phenoxy) is 1. The monoisotopic (exact) mass is 373 g/mol. The Balaban J connectivity index is 2.16. The van der Waals surface area contributed by atoms with E-state index in [9.17, 15) is 9.59 Å². The zero-order valence-corrected chi connectivity index (χ0v) is 16.5. The van der Waals surface area contributed by atoms with Gasteiger partial charge in [-0.1, -0.05) is 32.0 Å². The lowest BCUT2D eigenvalue weighted by Gasteiger charge is -2.23. The predicted molar refractivity (Wildman–Crippen MR) is 103 cm³/mol. The zero-order valence-electron chi connectivity index (χ0n) is 16.5. The number of nitrogens with zero attached hydrogens (tertiary/aromatic N) is 2. The molecule has 1 N–H and O–H groups in total. The fourth-order valence-corrected chi connectivity index (χ4v) is 2.61. The molecule has 146 valence electrons. The number of aryl methyl sites for hydroxylation is 2. The molecule has 27 heavy (non-hydrogen) atoms. The summed E-state index contributed by atoms with van der Waals surface area (Å²) < 4.78 is 9.97. The van der Waals surface area contributed by atoms with Gasteiger partial charge in [-0.05, 0) is 37.3 Å². The molecule has 2 aromatic rings. The number of urea groups is 1. The van der Waals surface area contributed by atoms with Gasteiger partial charge in [0, 0.05) is 12.2 Å². The molecular weight excluding hydrogens is 346 g/mol. The van der Waals surface area contributed by atoms with Gasteiger partial charge in [0.25, 0.3) is 0 Å². The number of carbonyl (C=O) groups is 2. The van der Waals surface area contributed by atoms with Crippen LogP contribution in [0.15, 0.2) is 28.9 Å². The molecule has 0 fully saturated rings. The number of nitrogens with one attached hydrogen (secondary N) is 1. The number of hydrogen-bond donors (Lipinski definition) is 1. The minimum absolute atomic E-state index is 0.0893. The first kappa shape index (κ1) is 20.5. The van der Waals surface area contributed by atoms with E-state index in [1.165, 1.54) is 13.4 Å². The summed E-state index contributed by atoms with van der Waals surface area (Å²) in [5, 5.41) is 2.99. The summed E-state index contributed by atoms with van der Waals surface area (Å²) in [6.45, 7) is 8.82. The van der Waals surface area contributed by atoms with Crippen LogP contribution in [0.4, 0.5) is 10.5 Å². The number of benzene rings is 1. The van der Waals surface area contributed by atoms with Crippen LogP contribution in [0, 0.1) is 19.8 Å². The predicted octanol–water partition coefficient (Wildman–Crippen LogP) is 4.16. The third-order valence-corrected chi connectivity index (χ3v) is 4.25. The van der Waals surface area contributed by atoms with Crippen molar-refractivity contribution in [2.75, 3.05) is 19.0 Å². The molecule has 0 bridgehead atoms. The Kier molecular flexibility index (Phi) is 6.98. The summed E-state index contributed by atoms with van der Waals surface area (Å²) in [6.07, 6.45) is 2.08. The van der Waals surface area contributed by atoms with Gasteiger partial charge < -0.3 is 19.4 Å². The van der Waals surface area contributed by atoms with Gasteiger partial charge >= 0.3 is 12.0 Å². The molecule has 7 heteroatoms. The summed E-state index contributed by atoms with van der Waals surface area (Å²) in [6, 6.07) is 5.64. The van der Waals surface area contributed by atoms with E-state index in [2.05, 4.69) is 28.9 Å². The smallest absolute Gasteiger partial charge is 0.360 e. The van der Waals surface area contributed by atoms with Crippen LogP contribution in [0.3, 0.4) is 0 Å². The molecule has 0 unspecified atom stereocenters. The number of oxazole rings is 1. The van der Waals surface area contributed by atoms with Crippen molar-refractivity contribution in [1.82, 2.24) is 9.88 Å². The quantitative estimate of drug-likeness (QED) is 0.737. The molecule has 0 aliphatic rings. The first-order valence-corrected chi connectivity index (χ1v) is 8.96. The van der Waals surface area contributed by atoms with Crippen LogP contribution in [-0.4, -0.2) is 35.5 Å². The molecular formula is C20H27N3O4. The Morgan fingerprint density at radius 3 is 2.52 bits per heavy atom. The molecule has 1 aromatic heterocycles. The largest absolute Gasteiger partial charge is 0.464 e. The van der Waals surface area contributed by atoms with E-state index in [0.717, 1.165) is 23.2 Å². The van der Waals surface area contributed by atoms with Crippen molar-refractivity contribution >= 4 is 17.7 Å². The molecule has 0 spiro atoms. The number of carbonyl (C=O) groups excluding carboxylic acids is 2. The number of anilines is 1. The number of rotatable bonds is 7. The average Bonchev–Trinajstić information content (AvgIpc) is 3.09. The van der Waals surface area contributed by atoms with Crippen LogP contribution in [0.1, 0.15) is 47.8 Å². The van der Waals surface area contributed by atoms with Crippen LogP contribution in [-0.2, 0) is 11.3 Å². The summed E-state index contributed by atoms with van der Waals surface area (Å²) in [5.74, 6) is 0.158. The number of amides is 2. The third-order valence-electron chi connectivity index (χ3n) is 4.25. The second kappa shape index (κ2) is 9.21. The topological polar surface area (TPSA) is 84.7 Å². The molecule has 0 aliphatic carbocycles. The zero-order chi connectivity index (χ0) is 20.0. The lowest BCUT2D eigenvalue weighted by molar-refractivity contribution is 0.0594. The van der Waals surface area contributed by atoms with Gasteiger partial charge in [0.1, 0.15) is 6.26 Å². The van der Waals surface area contributed by atoms with Crippen molar-refractivity contribution < 1.29 is 18.7 Å². The highest BCUT2D eigenvalue weighted by molar-refractivity contribution is 5.91. The number of para-hydroxylation sites is 1. The van der Waals surface area contributed by atoms with Crippen molar-refractivity contribution in [1.29, 1.82) is 0 Å². The minimum atomic E-state index is -0.571. The summed E-state index contributed by atoms with van der Waals surface area (Å²) in [4.78, 5) is 30.2. The van der Waals surface area contributed by atoms with Crippen LogP contribution in [0.25, 0.3) is 0 Å². The molecule has 0 atom stereocenters. The summed E-state index contributed by atoms with van der Waals surface area (Å²) in [7, 11) is 1.28. The average molecular weight is 373 g/mol. The van der Waals surface area contributed by atoms with E-state index in [-0.39, 0.29) is 24.2 Å². The molecule has 0 radical (unpaired) electrons. The molecule has 0 saturated carbocycles. The van der Waals surface area contributed by atoms with Gasteiger partial charge in [0.2, 0.25) is 5.89 Å².